The molecule has 2 N–H and O–H groups in total. The number of Topliss-reactive ketones (excluding diaryl/α,β-unsaturated/α-hetero) is 1. The van der Waals surface area contributed by atoms with Gasteiger partial charge in [0.25, 0.3) is 5.56 Å². The Balaban J connectivity index is 1.75. The number of nitrogens with zero attached hydrogens (tertiary/aromatic N) is 1. The predicted octanol–water partition coefficient (Wildman–Crippen LogP) is 3.65. The Morgan fingerprint density at radius 1 is 1.04 bits per heavy atom. The molecule has 0 saturated heterocycles. The molecule has 0 amide bonds. The summed E-state index contributed by atoms with van der Waals surface area (Å²) >= 11 is 1.60. The van der Waals surface area contributed by atoms with Gasteiger partial charge in [-0.1, -0.05) is 30.3 Å². The molecule has 130 valence electrons. The first-order valence-electron chi connectivity index (χ1n) is 8.67. The van der Waals surface area contributed by atoms with Gasteiger partial charge in [-0.3, -0.25) is 14.7 Å². The minimum atomic E-state index is -0.303. The van der Waals surface area contributed by atoms with Crippen LogP contribution in [0.25, 0.3) is 5.69 Å². The number of hydrogen-bond donors (Lipinski definition) is 2. The lowest BCUT2D eigenvalue weighted by molar-refractivity contribution is -0.122. The van der Waals surface area contributed by atoms with E-state index in [-0.39, 0.29) is 23.2 Å². The van der Waals surface area contributed by atoms with Gasteiger partial charge >= 0.3 is 0 Å². The summed E-state index contributed by atoms with van der Waals surface area (Å²) in [6, 6.07) is 13.5. The summed E-state index contributed by atoms with van der Waals surface area (Å²) in [6.07, 6.45) is 3.37. The fraction of sp³-hybridized carbons (Fsp3) is 0.200. The highest BCUT2D eigenvalue weighted by Gasteiger charge is 2.43. The van der Waals surface area contributed by atoms with Crippen molar-refractivity contribution in [3.05, 3.63) is 80.4 Å². The molecule has 3 heterocycles. The highest BCUT2D eigenvalue weighted by atomic mass is 32.1. The summed E-state index contributed by atoms with van der Waals surface area (Å²) in [5, 5.41) is 8.52. The highest BCUT2D eigenvalue weighted by molar-refractivity contribution is 7.10. The second-order valence-electron chi connectivity index (χ2n) is 6.64. The Morgan fingerprint density at radius 2 is 1.88 bits per heavy atom. The van der Waals surface area contributed by atoms with E-state index in [2.05, 4.69) is 16.5 Å². The molecule has 3 aromatic rings. The molecule has 26 heavy (non-hydrogen) atoms. The maximum atomic E-state index is 13.3. The van der Waals surface area contributed by atoms with E-state index >= 15 is 0 Å². The van der Waals surface area contributed by atoms with Gasteiger partial charge in [0.2, 0.25) is 0 Å². The molecule has 0 bridgehead atoms. The van der Waals surface area contributed by atoms with Gasteiger partial charge in [-0.05, 0) is 30.0 Å². The summed E-state index contributed by atoms with van der Waals surface area (Å²) in [5.74, 6) is 0.349. The van der Waals surface area contributed by atoms with Crippen molar-refractivity contribution in [2.75, 3.05) is 5.32 Å². The molecule has 2 atom stereocenters. The molecule has 5 rings (SSSR count). The van der Waals surface area contributed by atoms with E-state index in [4.69, 9.17) is 0 Å². The molecule has 1 aromatic carbocycles. The molecule has 2 aromatic heterocycles. The van der Waals surface area contributed by atoms with Crippen molar-refractivity contribution in [2.24, 2.45) is 5.92 Å². The van der Waals surface area contributed by atoms with Gasteiger partial charge in [-0.15, -0.1) is 11.3 Å². The van der Waals surface area contributed by atoms with Crippen LogP contribution >= 0.6 is 11.3 Å². The van der Waals surface area contributed by atoms with Gasteiger partial charge < -0.3 is 5.32 Å². The number of anilines is 1. The van der Waals surface area contributed by atoms with Crippen LogP contribution in [0.4, 0.5) is 5.82 Å². The molecule has 0 radical (unpaired) electrons. The first kappa shape index (κ1) is 15.4. The molecule has 0 spiro atoms. The van der Waals surface area contributed by atoms with Gasteiger partial charge in [0.05, 0.1) is 17.2 Å². The van der Waals surface area contributed by atoms with Gasteiger partial charge in [0.15, 0.2) is 0 Å². The molecule has 1 aliphatic carbocycles. The molecule has 5 nitrogen and oxygen atoms in total. The summed E-state index contributed by atoms with van der Waals surface area (Å²) in [7, 11) is 0. The molecule has 2 aliphatic rings. The van der Waals surface area contributed by atoms with Crippen LogP contribution in [0.2, 0.25) is 0 Å². The first-order chi connectivity index (χ1) is 12.7. The number of aromatic nitrogens is 2. The average Bonchev–Trinajstić information content (AvgIpc) is 3.30. The Hall–Kier alpha value is -2.86. The van der Waals surface area contributed by atoms with Crippen LogP contribution < -0.4 is 10.9 Å². The van der Waals surface area contributed by atoms with E-state index in [1.165, 1.54) is 0 Å². The molecular formula is C20H17N3O2S. The van der Waals surface area contributed by atoms with Crippen molar-refractivity contribution in [1.29, 1.82) is 0 Å². The fourth-order valence-electron chi connectivity index (χ4n) is 4.00. The second-order valence-corrected chi connectivity index (χ2v) is 7.62. The predicted molar refractivity (Wildman–Crippen MR) is 102 cm³/mol. The number of benzene rings is 1. The second kappa shape index (κ2) is 5.85. The zero-order valence-corrected chi connectivity index (χ0v) is 14.8. The van der Waals surface area contributed by atoms with Crippen LogP contribution in [0, 0.1) is 5.92 Å². The number of nitrogens with one attached hydrogen (secondary N) is 2. The number of hydrogen-bond acceptors (Lipinski definition) is 4. The maximum Gasteiger partial charge on any atom is 0.277 e. The largest absolute Gasteiger partial charge is 0.343 e. The van der Waals surface area contributed by atoms with Crippen molar-refractivity contribution >= 4 is 22.9 Å². The van der Waals surface area contributed by atoms with E-state index < -0.39 is 0 Å². The number of fused-ring (bicyclic) bond motifs is 2. The van der Waals surface area contributed by atoms with E-state index in [0.29, 0.717) is 17.8 Å². The monoisotopic (exact) mass is 363 g/mol. The van der Waals surface area contributed by atoms with Crippen molar-refractivity contribution in [2.45, 2.75) is 18.8 Å². The highest BCUT2D eigenvalue weighted by Crippen LogP contribution is 2.46. The summed E-state index contributed by atoms with van der Waals surface area (Å²) in [4.78, 5) is 27.1. The number of carbonyl (C=O) groups is 1. The van der Waals surface area contributed by atoms with Crippen molar-refractivity contribution in [3.8, 4) is 5.69 Å². The first-order valence-corrected chi connectivity index (χ1v) is 9.55. The standard InChI is InChI=1S/C20H17N3O2S/c24-14-9-4-8-13-16(14)17(15-10-5-11-26-15)18-19(21-13)22-23(20(18)25)12-6-2-1-3-7-12/h1-3,5-8,10-11,16-17,21-22H,4,9H2/t16-,17-/m0/s1. The summed E-state index contributed by atoms with van der Waals surface area (Å²) < 4.78 is 1.56. The number of H-pyrrole nitrogens is 1. The van der Waals surface area contributed by atoms with E-state index in [0.717, 1.165) is 22.7 Å². The molecule has 6 heteroatoms. The van der Waals surface area contributed by atoms with Gasteiger partial charge in [0.1, 0.15) is 11.6 Å². The number of para-hydroxylation sites is 1. The SMILES string of the molecule is O=C1CCC=C2Nc3[nH]n(-c4ccccc4)c(=O)c3[C@@H](c3cccs3)[C@H]12. The van der Waals surface area contributed by atoms with Crippen LogP contribution in [0.5, 0.6) is 0 Å². The van der Waals surface area contributed by atoms with Crippen molar-refractivity contribution < 1.29 is 4.79 Å². The Bertz CT molecular complexity index is 1060. The van der Waals surface area contributed by atoms with Crippen LogP contribution in [0.3, 0.4) is 0 Å². The minimum Gasteiger partial charge on any atom is -0.343 e. The molecular weight excluding hydrogens is 346 g/mol. The number of rotatable bonds is 2. The summed E-state index contributed by atoms with van der Waals surface area (Å²) in [5.41, 5.74) is 2.23. The Morgan fingerprint density at radius 3 is 2.65 bits per heavy atom. The smallest absolute Gasteiger partial charge is 0.277 e. The lowest BCUT2D eigenvalue weighted by Gasteiger charge is -2.34. The third kappa shape index (κ3) is 2.22. The number of allylic oxidation sites excluding steroid dienone is 2. The zero-order valence-electron chi connectivity index (χ0n) is 13.9. The number of ketones is 1. The lowest BCUT2D eigenvalue weighted by Crippen LogP contribution is -2.36. The van der Waals surface area contributed by atoms with Crippen molar-refractivity contribution in [1.82, 2.24) is 9.78 Å². The lowest BCUT2D eigenvalue weighted by atomic mass is 9.75. The Kier molecular flexibility index (Phi) is 3.46. The number of aromatic amines is 1. The molecule has 0 fully saturated rings. The molecule has 0 unspecified atom stereocenters. The van der Waals surface area contributed by atoms with Gasteiger partial charge in [-0.25, -0.2) is 4.68 Å². The average molecular weight is 363 g/mol. The van der Waals surface area contributed by atoms with E-state index in [1.807, 2.05) is 47.8 Å². The van der Waals surface area contributed by atoms with Gasteiger partial charge in [0, 0.05) is 22.9 Å². The fourth-order valence-corrected chi connectivity index (χ4v) is 4.87. The van der Waals surface area contributed by atoms with Crippen LogP contribution in [-0.2, 0) is 4.79 Å². The number of carbonyl (C=O) groups excluding carboxylic acids is 1. The quantitative estimate of drug-likeness (QED) is 0.730. The maximum absolute atomic E-state index is 13.3. The third-order valence-corrected chi connectivity index (χ3v) is 6.10. The third-order valence-electron chi connectivity index (χ3n) is 5.14. The minimum absolute atomic E-state index is 0.102. The normalized spacial score (nSPS) is 21.5. The Labute approximate surface area is 154 Å². The number of thiophene rings is 1. The zero-order chi connectivity index (χ0) is 17.7. The van der Waals surface area contributed by atoms with E-state index in [9.17, 15) is 9.59 Å². The van der Waals surface area contributed by atoms with Crippen LogP contribution in [-0.4, -0.2) is 15.6 Å². The topological polar surface area (TPSA) is 66.9 Å². The summed E-state index contributed by atoms with van der Waals surface area (Å²) in [6.45, 7) is 0. The van der Waals surface area contributed by atoms with E-state index in [1.54, 1.807) is 16.0 Å². The van der Waals surface area contributed by atoms with Crippen molar-refractivity contribution in [3.63, 3.8) is 0 Å². The molecule has 1 aliphatic heterocycles. The van der Waals surface area contributed by atoms with Crippen LogP contribution in [0.15, 0.2) is 64.4 Å². The van der Waals surface area contributed by atoms with Gasteiger partial charge in [-0.2, -0.15) is 0 Å². The van der Waals surface area contributed by atoms with Crippen LogP contribution in [0.1, 0.15) is 29.2 Å². The molecule has 0 saturated carbocycles.